The van der Waals surface area contributed by atoms with Gasteiger partial charge >= 0.3 is 0 Å². The molecule has 0 N–H and O–H groups in total. The van der Waals surface area contributed by atoms with Gasteiger partial charge in [0.15, 0.2) is 0 Å². The molecule has 0 aliphatic carbocycles. The molecule has 0 spiro atoms. The van der Waals surface area contributed by atoms with Gasteiger partial charge in [-0.05, 0) is 26.4 Å². The Morgan fingerprint density at radius 1 is 1.29 bits per heavy atom. The first-order chi connectivity index (χ1) is 6.62. The van der Waals surface area contributed by atoms with Crippen molar-refractivity contribution in [3.8, 4) is 0 Å². The van der Waals surface area contributed by atoms with Gasteiger partial charge in [-0.3, -0.25) is 0 Å². The SMILES string of the molecule is C=CC.CC.CCC(C)CN(C)CC. The van der Waals surface area contributed by atoms with Gasteiger partial charge in [-0.2, -0.15) is 0 Å². The zero-order valence-corrected chi connectivity index (χ0v) is 11.4. The average molecular weight is 201 g/mol. The maximum atomic E-state index is 3.36. The Morgan fingerprint density at radius 2 is 1.64 bits per heavy atom. The van der Waals surface area contributed by atoms with Crippen LogP contribution in [0.25, 0.3) is 0 Å². The Balaban J connectivity index is -0.000000205. The normalized spacial score (nSPS) is 10.6. The monoisotopic (exact) mass is 201 g/mol. The van der Waals surface area contributed by atoms with E-state index in [1.54, 1.807) is 6.08 Å². The van der Waals surface area contributed by atoms with E-state index in [-0.39, 0.29) is 0 Å². The zero-order chi connectivity index (χ0) is 12.0. The van der Waals surface area contributed by atoms with Gasteiger partial charge in [0.2, 0.25) is 0 Å². The molecule has 0 rings (SSSR count). The van der Waals surface area contributed by atoms with Crippen LogP contribution in [0, 0.1) is 5.92 Å². The third kappa shape index (κ3) is 22.6. The van der Waals surface area contributed by atoms with Crippen molar-refractivity contribution in [1.82, 2.24) is 4.90 Å². The van der Waals surface area contributed by atoms with Gasteiger partial charge in [-0.15, -0.1) is 6.58 Å². The largest absolute Gasteiger partial charge is 0.306 e. The minimum Gasteiger partial charge on any atom is -0.306 e. The molecule has 1 unspecified atom stereocenters. The van der Waals surface area contributed by atoms with Gasteiger partial charge in [0.1, 0.15) is 0 Å². The third-order valence-electron chi connectivity index (χ3n) is 1.86. The van der Waals surface area contributed by atoms with E-state index >= 15 is 0 Å². The summed E-state index contributed by atoms with van der Waals surface area (Å²) < 4.78 is 0. The molecule has 0 aliphatic heterocycles. The standard InChI is InChI=1S/C8H19N.C3H6.C2H6/c1-5-8(3)7-9(4)6-2;1-3-2;1-2/h8H,5-7H2,1-4H3;3H,1H2,2H3;1-2H3. The summed E-state index contributed by atoms with van der Waals surface area (Å²) in [4.78, 5) is 2.36. The fourth-order valence-corrected chi connectivity index (χ4v) is 0.790. The van der Waals surface area contributed by atoms with Crippen LogP contribution in [0.5, 0.6) is 0 Å². The lowest BCUT2D eigenvalue weighted by Crippen LogP contribution is -2.23. The van der Waals surface area contributed by atoms with Gasteiger partial charge in [-0.25, -0.2) is 0 Å². The quantitative estimate of drug-likeness (QED) is 0.616. The molecule has 14 heavy (non-hydrogen) atoms. The summed E-state index contributed by atoms with van der Waals surface area (Å²) >= 11 is 0. The molecule has 0 aliphatic rings. The van der Waals surface area contributed by atoms with E-state index in [4.69, 9.17) is 0 Å². The average Bonchev–Trinajstić information content (AvgIpc) is 2.21. The lowest BCUT2D eigenvalue weighted by molar-refractivity contribution is 0.295. The number of nitrogens with zero attached hydrogens (tertiary/aromatic N) is 1. The van der Waals surface area contributed by atoms with Crippen molar-refractivity contribution in [1.29, 1.82) is 0 Å². The molecule has 0 aromatic rings. The number of rotatable bonds is 4. The summed E-state index contributed by atoms with van der Waals surface area (Å²) in [6.07, 6.45) is 3.05. The Morgan fingerprint density at radius 3 is 1.86 bits per heavy atom. The smallest absolute Gasteiger partial charge is 0.000375 e. The molecular formula is C13H31N. The summed E-state index contributed by atoms with van der Waals surface area (Å²) in [5.74, 6) is 0.856. The van der Waals surface area contributed by atoms with Crippen molar-refractivity contribution >= 4 is 0 Å². The maximum Gasteiger partial charge on any atom is 0.000375 e. The van der Waals surface area contributed by atoms with E-state index < -0.39 is 0 Å². The van der Waals surface area contributed by atoms with Gasteiger partial charge < -0.3 is 4.90 Å². The highest BCUT2D eigenvalue weighted by Gasteiger charge is 2.00. The van der Waals surface area contributed by atoms with Crippen LogP contribution >= 0.6 is 0 Å². The Labute approximate surface area is 92.2 Å². The summed E-state index contributed by atoms with van der Waals surface area (Å²) in [7, 11) is 2.17. The molecule has 1 nitrogen and oxygen atoms in total. The van der Waals surface area contributed by atoms with Crippen molar-refractivity contribution in [2.24, 2.45) is 5.92 Å². The summed E-state index contributed by atoms with van der Waals surface area (Å²) in [6.45, 7) is 18.4. The molecule has 0 aromatic carbocycles. The second kappa shape index (κ2) is 18.5. The summed E-state index contributed by atoms with van der Waals surface area (Å²) in [6, 6.07) is 0. The fraction of sp³-hybridized carbons (Fsp3) is 0.846. The molecule has 88 valence electrons. The lowest BCUT2D eigenvalue weighted by Gasteiger charge is -2.17. The van der Waals surface area contributed by atoms with Gasteiger partial charge in [-0.1, -0.05) is 47.1 Å². The Bertz CT molecular complexity index is 81.2. The molecule has 0 radical (unpaired) electrons. The van der Waals surface area contributed by atoms with Crippen molar-refractivity contribution in [3.63, 3.8) is 0 Å². The highest BCUT2D eigenvalue weighted by Crippen LogP contribution is 2.01. The van der Waals surface area contributed by atoms with Crippen molar-refractivity contribution in [2.45, 2.75) is 48.0 Å². The van der Waals surface area contributed by atoms with Gasteiger partial charge in [0.25, 0.3) is 0 Å². The van der Waals surface area contributed by atoms with Crippen LogP contribution in [0.1, 0.15) is 48.0 Å². The molecule has 0 fully saturated rings. The molecule has 0 aromatic heterocycles. The molecule has 0 saturated heterocycles. The fourth-order valence-electron chi connectivity index (χ4n) is 0.790. The van der Waals surface area contributed by atoms with E-state index in [1.807, 2.05) is 20.8 Å². The molecule has 0 amide bonds. The molecular weight excluding hydrogens is 170 g/mol. The second-order valence-electron chi connectivity index (χ2n) is 3.28. The van der Waals surface area contributed by atoms with E-state index in [9.17, 15) is 0 Å². The van der Waals surface area contributed by atoms with Crippen molar-refractivity contribution in [2.75, 3.05) is 20.1 Å². The lowest BCUT2D eigenvalue weighted by atomic mass is 10.1. The maximum absolute atomic E-state index is 3.36. The van der Waals surface area contributed by atoms with E-state index in [0.717, 1.165) is 5.92 Å². The molecule has 0 saturated carbocycles. The molecule has 0 heterocycles. The summed E-state index contributed by atoms with van der Waals surface area (Å²) in [5, 5.41) is 0. The first kappa shape index (κ1) is 19.3. The molecule has 1 atom stereocenters. The highest BCUT2D eigenvalue weighted by molar-refractivity contribution is 4.54. The minimum atomic E-state index is 0.856. The number of hydrogen-bond donors (Lipinski definition) is 0. The van der Waals surface area contributed by atoms with Crippen LogP contribution in [-0.2, 0) is 0 Å². The Hall–Kier alpha value is -0.300. The Kier molecular flexibility index (Phi) is 25.5. The van der Waals surface area contributed by atoms with E-state index in [1.165, 1.54) is 19.5 Å². The highest BCUT2D eigenvalue weighted by atomic mass is 15.1. The number of hydrogen-bond acceptors (Lipinski definition) is 1. The van der Waals surface area contributed by atoms with Gasteiger partial charge in [0.05, 0.1) is 0 Å². The predicted octanol–water partition coefficient (Wildman–Crippen LogP) is 4.20. The van der Waals surface area contributed by atoms with E-state index in [2.05, 4.69) is 39.3 Å². The predicted molar refractivity (Wildman–Crippen MR) is 69.8 cm³/mol. The van der Waals surface area contributed by atoms with E-state index in [0.29, 0.717) is 0 Å². The minimum absolute atomic E-state index is 0.856. The van der Waals surface area contributed by atoms with Crippen molar-refractivity contribution < 1.29 is 0 Å². The topological polar surface area (TPSA) is 3.24 Å². The van der Waals surface area contributed by atoms with Crippen LogP contribution in [-0.4, -0.2) is 25.0 Å². The van der Waals surface area contributed by atoms with Gasteiger partial charge in [0, 0.05) is 6.54 Å². The number of allylic oxidation sites excluding steroid dienone is 1. The first-order valence-electron chi connectivity index (χ1n) is 5.87. The van der Waals surface area contributed by atoms with Crippen LogP contribution in [0.2, 0.25) is 0 Å². The third-order valence-corrected chi connectivity index (χ3v) is 1.86. The summed E-state index contributed by atoms with van der Waals surface area (Å²) in [5.41, 5.74) is 0. The first-order valence-corrected chi connectivity index (χ1v) is 5.87. The molecule has 0 bridgehead atoms. The second-order valence-corrected chi connectivity index (χ2v) is 3.28. The van der Waals surface area contributed by atoms with Crippen LogP contribution in [0.15, 0.2) is 12.7 Å². The van der Waals surface area contributed by atoms with Crippen LogP contribution in [0.4, 0.5) is 0 Å². The van der Waals surface area contributed by atoms with Crippen LogP contribution < -0.4 is 0 Å². The van der Waals surface area contributed by atoms with Crippen molar-refractivity contribution in [3.05, 3.63) is 12.7 Å². The molecule has 1 heteroatoms. The van der Waals surface area contributed by atoms with Crippen LogP contribution in [0.3, 0.4) is 0 Å². The zero-order valence-electron chi connectivity index (χ0n) is 11.4.